The third-order valence-corrected chi connectivity index (χ3v) is 4.75. The van der Waals surface area contributed by atoms with Crippen molar-refractivity contribution in [3.63, 3.8) is 0 Å². The maximum Gasteiger partial charge on any atom is 0.247 e. The molecule has 1 aromatic heterocycles. The summed E-state index contributed by atoms with van der Waals surface area (Å²) in [5, 5.41) is 9.40. The van der Waals surface area contributed by atoms with Crippen LogP contribution in [0.2, 0.25) is 0 Å². The molecule has 138 valence electrons. The van der Waals surface area contributed by atoms with Gasteiger partial charge in [-0.15, -0.1) is 0 Å². The van der Waals surface area contributed by atoms with Gasteiger partial charge in [0.1, 0.15) is 11.8 Å². The molecular formula is C19H24N4O3. The Kier molecular flexibility index (Phi) is 5.68. The summed E-state index contributed by atoms with van der Waals surface area (Å²) < 4.78 is 5.03. The minimum absolute atomic E-state index is 0.00826. The number of aromatic nitrogens is 1. The van der Waals surface area contributed by atoms with Gasteiger partial charge < -0.3 is 15.2 Å². The van der Waals surface area contributed by atoms with Crippen molar-refractivity contribution >= 4 is 17.6 Å². The molecule has 0 saturated carbocycles. The van der Waals surface area contributed by atoms with Crippen molar-refractivity contribution in [3.05, 3.63) is 47.7 Å². The van der Waals surface area contributed by atoms with Crippen molar-refractivity contribution in [1.82, 2.24) is 15.4 Å². The van der Waals surface area contributed by atoms with Gasteiger partial charge in [0.15, 0.2) is 5.82 Å². The van der Waals surface area contributed by atoms with Crippen molar-refractivity contribution in [3.8, 4) is 0 Å². The number of nitrogens with zero attached hydrogens (tertiary/aromatic N) is 2. The molecule has 1 unspecified atom stereocenters. The van der Waals surface area contributed by atoms with Gasteiger partial charge in [0.05, 0.1) is 0 Å². The Bertz CT molecular complexity index is 751. The van der Waals surface area contributed by atoms with Crippen LogP contribution in [-0.4, -0.2) is 42.0 Å². The number of anilines is 1. The average Bonchev–Trinajstić information content (AvgIpc) is 3.07. The first kappa shape index (κ1) is 18.1. The van der Waals surface area contributed by atoms with E-state index in [9.17, 15) is 9.59 Å². The van der Waals surface area contributed by atoms with Crippen molar-refractivity contribution < 1.29 is 14.1 Å². The number of hydrogen-bond acceptors (Lipinski definition) is 5. The monoisotopic (exact) mass is 356 g/mol. The van der Waals surface area contributed by atoms with E-state index in [2.05, 4.69) is 20.7 Å². The van der Waals surface area contributed by atoms with Gasteiger partial charge in [-0.25, -0.2) is 0 Å². The highest BCUT2D eigenvalue weighted by Gasteiger charge is 2.33. The molecule has 2 amide bonds. The molecule has 3 rings (SSSR count). The summed E-state index contributed by atoms with van der Waals surface area (Å²) in [5.74, 6) is 0.983. The number of likely N-dealkylation sites (tertiary alicyclic amines) is 1. The molecule has 7 nitrogen and oxygen atoms in total. The highest BCUT2D eigenvalue weighted by Crippen LogP contribution is 2.28. The summed E-state index contributed by atoms with van der Waals surface area (Å²) in [4.78, 5) is 27.0. The zero-order valence-electron chi connectivity index (χ0n) is 15.1. The highest BCUT2D eigenvalue weighted by molar-refractivity contribution is 5.94. The molecule has 1 fully saturated rings. The van der Waals surface area contributed by atoms with Crippen LogP contribution in [0.4, 0.5) is 5.82 Å². The Morgan fingerprint density at radius 2 is 1.92 bits per heavy atom. The lowest BCUT2D eigenvalue weighted by Gasteiger charge is -2.36. The van der Waals surface area contributed by atoms with E-state index in [4.69, 9.17) is 4.52 Å². The molecule has 2 aromatic rings. The summed E-state index contributed by atoms with van der Waals surface area (Å²) in [6.07, 6.45) is 1.47. The van der Waals surface area contributed by atoms with Gasteiger partial charge in [-0.3, -0.25) is 14.5 Å². The van der Waals surface area contributed by atoms with E-state index in [-0.39, 0.29) is 17.7 Å². The number of nitrogens with one attached hydrogen (secondary N) is 2. The Morgan fingerprint density at radius 1 is 1.23 bits per heavy atom. The second-order valence-corrected chi connectivity index (χ2v) is 6.55. The van der Waals surface area contributed by atoms with Gasteiger partial charge in [-0.1, -0.05) is 35.5 Å². The summed E-state index contributed by atoms with van der Waals surface area (Å²) in [5.41, 5.74) is 0.920. The second kappa shape index (κ2) is 8.14. The van der Waals surface area contributed by atoms with Gasteiger partial charge in [0.25, 0.3) is 0 Å². The quantitative estimate of drug-likeness (QED) is 0.857. The van der Waals surface area contributed by atoms with Crippen LogP contribution in [0.25, 0.3) is 0 Å². The molecule has 1 aliphatic heterocycles. The molecule has 7 heteroatoms. The Morgan fingerprint density at radius 3 is 2.50 bits per heavy atom. The van der Waals surface area contributed by atoms with Crippen molar-refractivity contribution in [2.45, 2.75) is 25.8 Å². The number of piperidine rings is 1. The van der Waals surface area contributed by atoms with E-state index in [1.54, 1.807) is 20.0 Å². The molecule has 2 N–H and O–H groups in total. The number of amides is 2. The number of hydrogen-bond donors (Lipinski definition) is 2. The number of rotatable bonds is 5. The summed E-state index contributed by atoms with van der Waals surface area (Å²) in [7, 11) is 1.66. The van der Waals surface area contributed by atoms with Gasteiger partial charge >= 0.3 is 0 Å². The Balaban J connectivity index is 1.76. The fraction of sp³-hybridized carbons (Fsp3) is 0.421. The predicted octanol–water partition coefficient (Wildman–Crippen LogP) is 2.12. The van der Waals surface area contributed by atoms with Crippen LogP contribution in [0, 0.1) is 12.8 Å². The van der Waals surface area contributed by atoms with E-state index in [1.165, 1.54) is 0 Å². The maximum absolute atomic E-state index is 13.0. The second-order valence-electron chi connectivity index (χ2n) is 6.55. The summed E-state index contributed by atoms with van der Waals surface area (Å²) in [6, 6.07) is 10.9. The third kappa shape index (κ3) is 4.11. The molecular weight excluding hydrogens is 332 g/mol. The molecule has 1 aliphatic rings. The van der Waals surface area contributed by atoms with Gasteiger partial charge in [0, 0.05) is 19.0 Å². The SMILES string of the molecule is CNC(=O)C1CCN(C(C(=O)Nc2cc(C)on2)c2ccccc2)CC1. The first-order valence-corrected chi connectivity index (χ1v) is 8.83. The normalized spacial score (nSPS) is 16.8. The highest BCUT2D eigenvalue weighted by atomic mass is 16.5. The maximum atomic E-state index is 13.0. The van der Waals surface area contributed by atoms with Crippen molar-refractivity contribution in [1.29, 1.82) is 0 Å². The predicted molar refractivity (Wildman–Crippen MR) is 97.4 cm³/mol. The molecule has 1 aromatic carbocycles. The molecule has 1 saturated heterocycles. The minimum atomic E-state index is -0.432. The fourth-order valence-corrected chi connectivity index (χ4v) is 3.41. The van der Waals surface area contributed by atoms with Crippen LogP contribution >= 0.6 is 0 Å². The van der Waals surface area contributed by atoms with Crippen LogP contribution in [-0.2, 0) is 9.59 Å². The lowest BCUT2D eigenvalue weighted by molar-refractivity contribution is -0.127. The summed E-state index contributed by atoms with van der Waals surface area (Å²) in [6.45, 7) is 3.15. The van der Waals surface area contributed by atoms with E-state index in [0.29, 0.717) is 24.7 Å². The topological polar surface area (TPSA) is 87.5 Å². The average molecular weight is 356 g/mol. The fourth-order valence-electron chi connectivity index (χ4n) is 3.41. The largest absolute Gasteiger partial charge is 0.360 e. The molecule has 2 heterocycles. The van der Waals surface area contributed by atoms with E-state index < -0.39 is 6.04 Å². The van der Waals surface area contributed by atoms with Crippen LogP contribution in [0.3, 0.4) is 0 Å². The molecule has 0 spiro atoms. The zero-order valence-corrected chi connectivity index (χ0v) is 15.1. The molecule has 0 radical (unpaired) electrons. The van der Waals surface area contributed by atoms with Crippen molar-refractivity contribution in [2.75, 3.05) is 25.5 Å². The third-order valence-electron chi connectivity index (χ3n) is 4.75. The number of carbonyl (C=O) groups is 2. The smallest absolute Gasteiger partial charge is 0.247 e. The van der Waals surface area contributed by atoms with E-state index in [0.717, 1.165) is 18.4 Å². The Hall–Kier alpha value is -2.67. The molecule has 26 heavy (non-hydrogen) atoms. The van der Waals surface area contributed by atoms with Crippen LogP contribution in [0.15, 0.2) is 40.9 Å². The standard InChI is InChI=1S/C19H24N4O3/c1-13-12-16(22-26-13)21-19(25)17(14-6-4-3-5-7-14)23-10-8-15(9-11-23)18(24)20-2/h3-7,12,15,17H,8-11H2,1-2H3,(H,20,24)(H,21,22,25). The van der Waals surface area contributed by atoms with Crippen LogP contribution in [0.5, 0.6) is 0 Å². The van der Waals surface area contributed by atoms with Crippen LogP contribution in [0.1, 0.15) is 30.2 Å². The zero-order chi connectivity index (χ0) is 18.5. The molecule has 1 atom stereocenters. The number of carbonyl (C=O) groups excluding carboxylic acids is 2. The first-order chi connectivity index (χ1) is 12.6. The van der Waals surface area contributed by atoms with E-state index in [1.807, 2.05) is 30.3 Å². The van der Waals surface area contributed by atoms with Crippen molar-refractivity contribution in [2.24, 2.45) is 5.92 Å². The number of benzene rings is 1. The molecule has 0 aliphatic carbocycles. The Labute approximate surface area is 152 Å². The van der Waals surface area contributed by atoms with Crippen LogP contribution < -0.4 is 10.6 Å². The molecule has 0 bridgehead atoms. The van der Waals surface area contributed by atoms with Gasteiger partial charge in [0.2, 0.25) is 11.8 Å². The summed E-state index contributed by atoms with van der Waals surface area (Å²) >= 11 is 0. The minimum Gasteiger partial charge on any atom is -0.360 e. The van der Waals surface area contributed by atoms with Gasteiger partial charge in [-0.05, 0) is 38.4 Å². The first-order valence-electron chi connectivity index (χ1n) is 8.83. The number of aryl methyl sites for hydroxylation is 1. The lowest BCUT2D eigenvalue weighted by atomic mass is 9.93. The lowest BCUT2D eigenvalue weighted by Crippen LogP contribution is -2.44. The van der Waals surface area contributed by atoms with E-state index >= 15 is 0 Å². The van der Waals surface area contributed by atoms with Gasteiger partial charge in [-0.2, -0.15) is 0 Å².